The number of hydrogen-bond donors (Lipinski definition) is 1. The van der Waals surface area contributed by atoms with Crippen LogP contribution in [0, 0.1) is 6.92 Å². The number of benzene rings is 2. The van der Waals surface area contributed by atoms with Crippen molar-refractivity contribution < 1.29 is 22.1 Å². The molecular formula is C20H22Cl2N2O. The number of aromatic nitrogens is 1. The molecule has 0 radical (unpaired) electrons. The molecule has 0 atom stereocenters. The molecule has 2 N–H and O–H groups in total. The van der Waals surface area contributed by atoms with Gasteiger partial charge in [-0.1, -0.05) is 24.9 Å². The lowest BCUT2D eigenvalue weighted by Crippen LogP contribution is -3.00. The molecule has 0 aliphatic carbocycles. The third-order valence-electron chi connectivity index (χ3n) is 3.86. The summed E-state index contributed by atoms with van der Waals surface area (Å²) in [6.45, 7) is 4.97. The van der Waals surface area contributed by atoms with Gasteiger partial charge in [0.1, 0.15) is 5.75 Å². The fourth-order valence-electron chi connectivity index (χ4n) is 2.62. The molecule has 0 saturated carbocycles. The molecule has 0 spiro atoms. The van der Waals surface area contributed by atoms with E-state index in [0.717, 1.165) is 58.2 Å². The zero-order chi connectivity index (χ0) is 16.9. The molecule has 3 rings (SSSR count). The normalized spacial score (nSPS) is 10.4. The minimum Gasteiger partial charge on any atom is -1.00 e. The van der Waals surface area contributed by atoms with E-state index in [2.05, 4.69) is 23.3 Å². The number of hydrogen-bond acceptors (Lipinski definition) is 2. The Hall–Kier alpha value is -1.97. The molecule has 2 aromatic carbocycles. The van der Waals surface area contributed by atoms with Crippen LogP contribution in [0.15, 0.2) is 48.5 Å². The summed E-state index contributed by atoms with van der Waals surface area (Å²) in [5, 5.41) is 5.27. The molecule has 0 unspecified atom stereocenters. The average molecular weight is 377 g/mol. The highest BCUT2D eigenvalue weighted by Gasteiger charge is 2.10. The van der Waals surface area contributed by atoms with Crippen LogP contribution in [0.4, 0.5) is 11.4 Å². The van der Waals surface area contributed by atoms with Crippen molar-refractivity contribution >= 4 is 33.9 Å². The summed E-state index contributed by atoms with van der Waals surface area (Å²) in [7, 11) is 0. The molecule has 25 heavy (non-hydrogen) atoms. The summed E-state index contributed by atoms with van der Waals surface area (Å²) in [4.78, 5) is 3.36. The number of rotatable bonds is 6. The van der Waals surface area contributed by atoms with E-state index in [0.29, 0.717) is 0 Å². The highest BCUT2D eigenvalue weighted by atomic mass is 35.5. The highest BCUT2D eigenvalue weighted by Crippen LogP contribution is 2.28. The number of H-pyrrole nitrogens is 1. The van der Waals surface area contributed by atoms with Crippen LogP contribution in [-0.4, -0.2) is 6.61 Å². The fourth-order valence-corrected chi connectivity index (χ4v) is 2.79. The van der Waals surface area contributed by atoms with E-state index in [-0.39, 0.29) is 12.4 Å². The van der Waals surface area contributed by atoms with Gasteiger partial charge < -0.3 is 22.5 Å². The van der Waals surface area contributed by atoms with Crippen molar-refractivity contribution in [1.82, 2.24) is 0 Å². The molecular weight excluding hydrogens is 355 g/mol. The lowest BCUT2D eigenvalue weighted by molar-refractivity contribution is -0.354. The van der Waals surface area contributed by atoms with Crippen molar-refractivity contribution in [3.8, 4) is 5.75 Å². The molecule has 0 aliphatic rings. The number of nitrogens with one attached hydrogen (secondary N) is 2. The van der Waals surface area contributed by atoms with Crippen molar-refractivity contribution in [2.75, 3.05) is 11.9 Å². The van der Waals surface area contributed by atoms with Gasteiger partial charge in [-0.25, -0.2) is 4.98 Å². The molecule has 132 valence electrons. The lowest BCUT2D eigenvalue weighted by Gasteiger charge is -2.10. The molecule has 5 heteroatoms. The molecule has 0 aliphatic heterocycles. The second-order valence-corrected chi connectivity index (χ2v) is 6.34. The summed E-state index contributed by atoms with van der Waals surface area (Å²) in [6, 6.07) is 16.0. The Morgan fingerprint density at radius 1 is 1.08 bits per heavy atom. The fraction of sp³-hybridized carbons (Fsp3) is 0.250. The number of fused-ring (bicyclic) bond motifs is 1. The van der Waals surface area contributed by atoms with Gasteiger partial charge in [0.15, 0.2) is 5.69 Å². The Bertz CT molecular complexity index is 835. The van der Waals surface area contributed by atoms with Gasteiger partial charge in [-0.05, 0) is 42.8 Å². The Morgan fingerprint density at radius 2 is 1.84 bits per heavy atom. The lowest BCUT2D eigenvalue weighted by atomic mass is 10.1. The van der Waals surface area contributed by atoms with Crippen LogP contribution in [0.1, 0.15) is 25.5 Å². The monoisotopic (exact) mass is 376 g/mol. The number of unbranched alkanes of at least 4 members (excludes halogenated alkanes) is 1. The number of halogens is 2. The van der Waals surface area contributed by atoms with Crippen LogP contribution in [-0.2, 0) is 0 Å². The maximum Gasteiger partial charge on any atom is 0.213 e. The van der Waals surface area contributed by atoms with E-state index in [9.17, 15) is 0 Å². The smallest absolute Gasteiger partial charge is 0.213 e. The predicted molar refractivity (Wildman–Crippen MR) is 100 cm³/mol. The number of pyridine rings is 1. The first-order chi connectivity index (χ1) is 11.7. The van der Waals surface area contributed by atoms with Gasteiger partial charge in [0.2, 0.25) is 5.52 Å². The largest absolute Gasteiger partial charge is 1.00 e. The molecule has 3 nitrogen and oxygen atoms in total. The standard InChI is InChI=1S/C20H21ClN2O.ClH/c1-3-4-11-24-17-8-6-16(7-9-17)23-20-12-14(2)22-19-10-5-15(21)13-18(19)20;/h5-10,12-13H,3-4,11H2,1-2H3,(H,22,23);1H. The first-order valence-corrected chi connectivity index (χ1v) is 8.65. The molecule has 1 aromatic heterocycles. The van der Waals surface area contributed by atoms with Gasteiger partial charge in [0, 0.05) is 29.8 Å². The first-order valence-electron chi connectivity index (χ1n) is 8.28. The number of aryl methyl sites for hydroxylation is 1. The zero-order valence-electron chi connectivity index (χ0n) is 14.4. The van der Waals surface area contributed by atoms with Gasteiger partial charge in [-0.2, -0.15) is 0 Å². The third-order valence-corrected chi connectivity index (χ3v) is 4.10. The van der Waals surface area contributed by atoms with Crippen LogP contribution in [0.25, 0.3) is 10.9 Å². The van der Waals surface area contributed by atoms with Crippen LogP contribution < -0.4 is 27.4 Å². The number of anilines is 2. The summed E-state index contributed by atoms with van der Waals surface area (Å²) < 4.78 is 5.71. The van der Waals surface area contributed by atoms with E-state index in [1.165, 1.54) is 0 Å². The molecule has 3 aromatic rings. The Morgan fingerprint density at radius 3 is 2.56 bits per heavy atom. The van der Waals surface area contributed by atoms with Crippen LogP contribution >= 0.6 is 11.6 Å². The van der Waals surface area contributed by atoms with E-state index in [1.807, 2.05) is 49.4 Å². The minimum atomic E-state index is 0. The van der Waals surface area contributed by atoms with Crippen LogP contribution in [0.3, 0.4) is 0 Å². The van der Waals surface area contributed by atoms with Gasteiger partial charge in [-0.3, -0.25) is 0 Å². The minimum absolute atomic E-state index is 0. The Balaban J connectivity index is 0.00000225. The maximum atomic E-state index is 6.16. The van der Waals surface area contributed by atoms with Crippen molar-refractivity contribution in [3.05, 3.63) is 59.2 Å². The van der Waals surface area contributed by atoms with Crippen molar-refractivity contribution in [2.45, 2.75) is 26.7 Å². The predicted octanol–water partition coefficient (Wildman–Crippen LogP) is 2.54. The summed E-state index contributed by atoms with van der Waals surface area (Å²) in [6.07, 6.45) is 2.21. The topological polar surface area (TPSA) is 35.4 Å². The Labute approximate surface area is 159 Å². The second-order valence-electron chi connectivity index (χ2n) is 5.91. The molecule has 0 fully saturated rings. The Kier molecular flexibility index (Phi) is 6.91. The quantitative estimate of drug-likeness (QED) is 0.671. The molecule has 0 bridgehead atoms. The number of aromatic amines is 1. The SMILES string of the molecule is CCCCOc1ccc(Nc2cc(C)[nH+]c3ccc(Cl)cc23)cc1.[Cl-]. The van der Waals surface area contributed by atoms with Crippen molar-refractivity contribution in [2.24, 2.45) is 0 Å². The molecule has 0 saturated heterocycles. The van der Waals surface area contributed by atoms with Crippen LogP contribution in [0.2, 0.25) is 5.02 Å². The van der Waals surface area contributed by atoms with Gasteiger partial charge in [0.05, 0.1) is 17.7 Å². The van der Waals surface area contributed by atoms with Crippen LogP contribution in [0.5, 0.6) is 5.75 Å². The van der Waals surface area contributed by atoms with Gasteiger partial charge in [-0.15, -0.1) is 0 Å². The van der Waals surface area contributed by atoms with E-state index < -0.39 is 0 Å². The zero-order valence-corrected chi connectivity index (χ0v) is 15.9. The summed E-state index contributed by atoms with van der Waals surface area (Å²) >= 11 is 6.16. The van der Waals surface area contributed by atoms with Crippen molar-refractivity contribution in [3.63, 3.8) is 0 Å². The van der Waals surface area contributed by atoms with E-state index in [4.69, 9.17) is 16.3 Å². The molecule has 0 amide bonds. The van der Waals surface area contributed by atoms with Crippen molar-refractivity contribution in [1.29, 1.82) is 0 Å². The molecule has 1 heterocycles. The first kappa shape index (κ1) is 19.4. The highest BCUT2D eigenvalue weighted by molar-refractivity contribution is 6.31. The van der Waals surface area contributed by atoms with Gasteiger partial charge in [0.25, 0.3) is 0 Å². The average Bonchev–Trinajstić information content (AvgIpc) is 2.57. The van der Waals surface area contributed by atoms with E-state index >= 15 is 0 Å². The second kappa shape index (κ2) is 8.93. The maximum absolute atomic E-state index is 6.16. The third kappa shape index (κ3) is 5.00. The van der Waals surface area contributed by atoms with Gasteiger partial charge >= 0.3 is 0 Å². The van der Waals surface area contributed by atoms with E-state index in [1.54, 1.807) is 0 Å². The summed E-state index contributed by atoms with van der Waals surface area (Å²) in [5.74, 6) is 0.902. The summed E-state index contributed by atoms with van der Waals surface area (Å²) in [5.41, 5.74) is 4.20. The number of ether oxygens (including phenoxy) is 1.